The van der Waals surface area contributed by atoms with Crippen LogP contribution in [0.3, 0.4) is 0 Å². The normalized spacial score (nSPS) is 10.2. The van der Waals surface area contributed by atoms with E-state index in [-0.39, 0.29) is 11.9 Å². The predicted molar refractivity (Wildman–Crippen MR) is 116 cm³/mol. The molecule has 0 saturated heterocycles. The van der Waals surface area contributed by atoms with Gasteiger partial charge in [0.1, 0.15) is 0 Å². The highest BCUT2D eigenvalue weighted by Gasteiger charge is 2.06. The lowest BCUT2D eigenvalue weighted by Crippen LogP contribution is -2.19. The minimum Gasteiger partial charge on any atom is -0.325 e. The van der Waals surface area contributed by atoms with E-state index in [0.717, 1.165) is 16.1 Å². The number of carbonyl (C=O) groups is 2. The average Bonchev–Trinajstić information content (AvgIpc) is 2.69. The lowest BCUT2D eigenvalue weighted by atomic mass is 10.2. The first-order valence-corrected chi connectivity index (χ1v) is 9.80. The summed E-state index contributed by atoms with van der Waals surface area (Å²) in [6, 6.07) is 23.9. The molecule has 28 heavy (non-hydrogen) atoms. The molecule has 0 unspecified atom stereocenters. The fraction of sp³-hybridized carbons (Fsp3) is 0.0909. The molecule has 0 saturated carbocycles. The van der Waals surface area contributed by atoms with E-state index in [0.29, 0.717) is 17.1 Å². The third-order valence-electron chi connectivity index (χ3n) is 3.91. The maximum atomic E-state index is 12.2. The Hall–Kier alpha value is -3.25. The quantitative estimate of drug-likeness (QED) is 0.495. The molecule has 6 heteroatoms. The zero-order valence-electron chi connectivity index (χ0n) is 15.4. The zero-order chi connectivity index (χ0) is 19.8. The number of hydrogen-bond donors (Lipinski definition) is 3. The van der Waals surface area contributed by atoms with Crippen molar-refractivity contribution in [1.82, 2.24) is 0 Å². The molecular weight excluding hydrogens is 370 g/mol. The molecule has 3 aromatic rings. The number of para-hydroxylation sites is 1. The van der Waals surface area contributed by atoms with Crippen molar-refractivity contribution < 1.29 is 9.59 Å². The molecule has 0 heterocycles. The Bertz CT molecular complexity index is 944. The van der Waals surface area contributed by atoms with Crippen molar-refractivity contribution >= 4 is 40.8 Å². The highest BCUT2D eigenvalue weighted by molar-refractivity contribution is 8.00. The average molecular weight is 391 g/mol. The van der Waals surface area contributed by atoms with Crippen LogP contribution >= 0.6 is 11.8 Å². The number of benzene rings is 3. The maximum Gasteiger partial charge on any atom is 0.323 e. The van der Waals surface area contributed by atoms with Gasteiger partial charge in [0.25, 0.3) is 0 Å². The summed E-state index contributed by atoms with van der Waals surface area (Å²) in [6.45, 7) is 2.03. The predicted octanol–water partition coefficient (Wildman–Crippen LogP) is 5.37. The molecule has 0 bridgehead atoms. The second kappa shape index (κ2) is 9.62. The number of urea groups is 1. The second-order valence-corrected chi connectivity index (χ2v) is 7.14. The van der Waals surface area contributed by atoms with E-state index in [2.05, 4.69) is 16.0 Å². The Morgan fingerprint density at radius 2 is 1.25 bits per heavy atom. The number of rotatable bonds is 6. The molecule has 0 fully saturated rings. The first kappa shape index (κ1) is 19.5. The van der Waals surface area contributed by atoms with Crippen molar-refractivity contribution in [3.63, 3.8) is 0 Å². The molecule has 3 amide bonds. The van der Waals surface area contributed by atoms with Crippen molar-refractivity contribution in [3.05, 3.63) is 84.4 Å². The molecule has 0 aromatic heterocycles. The van der Waals surface area contributed by atoms with Crippen LogP contribution in [0.2, 0.25) is 0 Å². The lowest BCUT2D eigenvalue weighted by Gasteiger charge is -2.09. The number of thioether (sulfide) groups is 1. The van der Waals surface area contributed by atoms with Crippen LogP contribution in [0.1, 0.15) is 5.56 Å². The number of hydrogen-bond acceptors (Lipinski definition) is 3. The standard InChI is InChI=1S/C22H21N3O2S/c1-16-7-5-6-10-20(16)28-15-21(26)23-18-11-13-19(14-12-18)25-22(27)24-17-8-3-2-4-9-17/h2-14H,15H2,1H3,(H,23,26)(H2,24,25,27). The fourth-order valence-corrected chi connectivity index (χ4v) is 3.34. The number of aryl methyl sites for hydroxylation is 1. The minimum absolute atomic E-state index is 0.0733. The highest BCUT2D eigenvalue weighted by atomic mass is 32.2. The van der Waals surface area contributed by atoms with Crippen molar-refractivity contribution in [2.75, 3.05) is 21.7 Å². The third kappa shape index (κ3) is 5.89. The van der Waals surface area contributed by atoms with E-state index in [1.807, 2.05) is 61.5 Å². The van der Waals surface area contributed by atoms with Gasteiger partial charge in [-0.2, -0.15) is 0 Å². The van der Waals surface area contributed by atoms with Crippen molar-refractivity contribution in [2.45, 2.75) is 11.8 Å². The van der Waals surface area contributed by atoms with E-state index in [1.54, 1.807) is 24.3 Å². The fourth-order valence-electron chi connectivity index (χ4n) is 2.51. The number of amides is 3. The van der Waals surface area contributed by atoms with E-state index in [9.17, 15) is 9.59 Å². The third-order valence-corrected chi connectivity index (χ3v) is 5.09. The van der Waals surface area contributed by atoms with Crippen LogP contribution in [0, 0.1) is 6.92 Å². The number of nitrogens with one attached hydrogen (secondary N) is 3. The molecule has 3 N–H and O–H groups in total. The summed E-state index contributed by atoms with van der Waals surface area (Å²) in [5.74, 6) is 0.264. The molecule has 0 spiro atoms. The summed E-state index contributed by atoms with van der Waals surface area (Å²) in [5, 5.41) is 8.37. The van der Waals surface area contributed by atoms with Crippen molar-refractivity contribution in [2.24, 2.45) is 0 Å². The molecule has 0 aliphatic carbocycles. The zero-order valence-corrected chi connectivity index (χ0v) is 16.3. The Balaban J connectivity index is 1.48. The summed E-state index contributed by atoms with van der Waals surface area (Å²) in [7, 11) is 0. The van der Waals surface area contributed by atoms with Gasteiger partial charge in [-0.25, -0.2) is 4.79 Å². The molecule has 3 rings (SSSR count). The highest BCUT2D eigenvalue weighted by Crippen LogP contribution is 2.22. The Morgan fingerprint density at radius 3 is 1.89 bits per heavy atom. The van der Waals surface area contributed by atoms with Gasteiger partial charge in [0.15, 0.2) is 0 Å². The Morgan fingerprint density at radius 1 is 0.714 bits per heavy atom. The van der Waals surface area contributed by atoms with Gasteiger partial charge >= 0.3 is 6.03 Å². The van der Waals surface area contributed by atoms with Crippen LogP contribution in [0.25, 0.3) is 0 Å². The van der Waals surface area contributed by atoms with Crippen LogP contribution in [-0.4, -0.2) is 17.7 Å². The summed E-state index contributed by atoms with van der Waals surface area (Å²) < 4.78 is 0. The van der Waals surface area contributed by atoms with E-state index in [4.69, 9.17) is 0 Å². The topological polar surface area (TPSA) is 70.2 Å². The van der Waals surface area contributed by atoms with Gasteiger partial charge in [-0.15, -0.1) is 11.8 Å². The molecule has 142 valence electrons. The molecule has 0 radical (unpaired) electrons. The van der Waals surface area contributed by atoms with Gasteiger partial charge in [0.05, 0.1) is 5.75 Å². The number of carbonyl (C=O) groups excluding carboxylic acids is 2. The molecule has 0 aliphatic rings. The summed E-state index contributed by atoms with van der Waals surface area (Å²) >= 11 is 1.51. The molecule has 0 atom stereocenters. The van der Waals surface area contributed by atoms with Crippen LogP contribution in [0.5, 0.6) is 0 Å². The SMILES string of the molecule is Cc1ccccc1SCC(=O)Nc1ccc(NC(=O)Nc2ccccc2)cc1. The van der Waals surface area contributed by atoms with Gasteiger partial charge in [-0.1, -0.05) is 36.4 Å². The Labute approximate surface area is 168 Å². The van der Waals surface area contributed by atoms with Gasteiger partial charge in [-0.05, 0) is 55.0 Å². The van der Waals surface area contributed by atoms with Crippen molar-refractivity contribution in [3.8, 4) is 0 Å². The summed E-state index contributed by atoms with van der Waals surface area (Å²) in [6.07, 6.45) is 0. The molecule has 3 aromatic carbocycles. The van der Waals surface area contributed by atoms with Crippen LogP contribution in [-0.2, 0) is 4.79 Å². The second-order valence-electron chi connectivity index (χ2n) is 6.12. The maximum absolute atomic E-state index is 12.2. The van der Waals surface area contributed by atoms with Crippen LogP contribution in [0.4, 0.5) is 21.9 Å². The molecular formula is C22H21N3O2S. The number of anilines is 3. The molecule has 0 aliphatic heterocycles. The summed E-state index contributed by atoms with van der Waals surface area (Å²) in [4.78, 5) is 25.2. The first-order valence-electron chi connectivity index (χ1n) is 8.81. The van der Waals surface area contributed by atoms with E-state index < -0.39 is 0 Å². The monoisotopic (exact) mass is 391 g/mol. The van der Waals surface area contributed by atoms with Crippen LogP contribution < -0.4 is 16.0 Å². The largest absolute Gasteiger partial charge is 0.325 e. The van der Waals surface area contributed by atoms with Gasteiger partial charge in [0, 0.05) is 22.0 Å². The first-order chi connectivity index (χ1) is 13.6. The van der Waals surface area contributed by atoms with Gasteiger partial charge < -0.3 is 16.0 Å². The van der Waals surface area contributed by atoms with Crippen molar-refractivity contribution in [1.29, 1.82) is 0 Å². The van der Waals surface area contributed by atoms with Gasteiger partial charge in [0.2, 0.25) is 5.91 Å². The van der Waals surface area contributed by atoms with Crippen LogP contribution in [0.15, 0.2) is 83.8 Å². The minimum atomic E-state index is -0.322. The summed E-state index contributed by atoms with van der Waals surface area (Å²) in [5.41, 5.74) is 3.20. The Kier molecular flexibility index (Phi) is 6.70. The van der Waals surface area contributed by atoms with E-state index in [1.165, 1.54) is 11.8 Å². The lowest BCUT2D eigenvalue weighted by molar-refractivity contribution is -0.113. The van der Waals surface area contributed by atoms with E-state index >= 15 is 0 Å². The smallest absolute Gasteiger partial charge is 0.323 e. The molecule has 5 nitrogen and oxygen atoms in total. The van der Waals surface area contributed by atoms with Gasteiger partial charge in [-0.3, -0.25) is 4.79 Å².